The molecule has 0 N–H and O–H groups in total. The van der Waals surface area contributed by atoms with Gasteiger partial charge in [0.15, 0.2) is 0 Å². The van der Waals surface area contributed by atoms with Crippen molar-refractivity contribution in [1.29, 1.82) is 0 Å². The predicted octanol–water partition coefficient (Wildman–Crippen LogP) is 2.00. The Hall–Kier alpha value is -0.910. The minimum Gasteiger partial charge on any atom is -0.384 e. The van der Waals surface area contributed by atoms with E-state index >= 15 is 0 Å². The third kappa shape index (κ3) is 2.75. The summed E-state index contributed by atoms with van der Waals surface area (Å²) in [5, 5.41) is 4.10. The molecule has 1 aromatic heterocycles. The molecule has 0 radical (unpaired) electrons. The summed E-state index contributed by atoms with van der Waals surface area (Å²) in [7, 11) is 1.79. The monoisotopic (exact) mass is 280 g/mol. The average Bonchev–Trinajstić information content (AvgIpc) is 2.84. The molecule has 2 aliphatic rings. The zero-order valence-electron chi connectivity index (χ0n) is 12.4. The second kappa shape index (κ2) is 5.84. The van der Waals surface area contributed by atoms with Crippen LogP contribution in [0.2, 0.25) is 0 Å². The molecule has 5 heteroatoms. The molecule has 1 aromatic rings. The first kappa shape index (κ1) is 14.0. The van der Waals surface area contributed by atoms with E-state index in [1.165, 1.54) is 6.42 Å². The molecule has 2 atom stereocenters. The first-order chi connectivity index (χ1) is 9.72. The smallest absolute Gasteiger partial charge is 0.133 e. The number of hydrogen-bond donors (Lipinski definition) is 0. The lowest BCUT2D eigenvalue weighted by molar-refractivity contribution is -0.149. The van der Waals surface area contributed by atoms with Crippen LogP contribution in [-0.4, -0.2) is 49.6 Å². The Bertz CT molecular complexity index is 444. The fraction of sp³-hybridized carbons (Fsp3) is 0.800. The van der Waals surface area contributed by atoms with E-state index < -0.39 is 0 Å². The van der Waals surface area contributed by atoms with Crippen molar-refractivity contribution in [3.8, 4) is 0 Å². The number of rotatable bonds is 4. The molecule has 3 heterocycles. The maximum atomic E-state index is 6.00. The molecule has 3 rings (SSSR count). The molecular formula is C15H24N2O3. The van der Waals surface area contributed by atoms with E-state index in [4.69, 9.17) is 14.0 Å². The minimum atomic E-state index is 0.157. The van der Waals surface area contributed by atoms with Crippen LogP contribution in [0.25, 0.3) is 0 Å². The quantitative estimate of drug-likeness (QED) is 0.844. The van der Waals surface area contributed by atoms with Crippen molar-refractivity contribution in [3.05, 3.63) is 17.5 Å². The van der Waals surface area contributed by atoms with E-state index in [1.807, 2.05) is 13.0 Å². The molecule has 0 saturated carbocycles. The summed E-state index contributed by atoms with van der Waals surface area (Å²) in [4.78, 5) is 2.46. The van der Waals surface area contributed by atoms with Crippen LogP contribution in [-0.2, 0) is 16.0 Å². The Morgan fingerprint density at radius 1 is 1.55 bits per heavy atom. The topological polar surface area (TPSA) is 47.7 Å². The Morgan fingerprint density at radius 2 is 2.45 bits per heavy atom. The number of nitrogens with zero attached hydrogens (tertiary/aromatic N) is 2. The van der Waals surface area contributed by atoms with Gasteiger partial charge in [0.25, 0.3) is 0 Å². The fourth-order valence-electron chi connectivity index (χ4n) is 3.74. The summed E-state index contributed by atoms with van der Waals surface area (Å²) in [6, 6.07) is 2.02. The van der Waals surface area contributed by atoms with Gasteiger partial charge in [-0.25, -0.2) is 0 Å². The molecule has 2 aliphatic heterocycles. The Morgan fingerprint density at radius 3 is 3.20 bits per heavy atom. The molecule has 20 heavy (non-hydrogen) atoms. The van der Waals surface area contributed by atoms with Gasteiger partial charge in [-0.2, -0.15) is 0 Å². The first-order valence-electron chi connectivity index (χ1n) is 7.47. The highest BCUT2D eigenvalue weighted by Gasteiger charge is 2.45. The van der Waals surface area contributed by atoms with Crippen molar-refractivity contribution in [2.45, 2.75) is 38.8 Å². The van der Waals surface area contributed by atoms with Gasteiger partial charge in [0, 0.05) is 44.8 Å². The standard InChI is InChI=1S/C15H24N2O3/c1-12-8-13(16-20-12)9-17-6-4-14-15(10-17,11-18-2)5-3-7-19-14/h8,14H,3-7,9-11H2,1-2H3. The van der Waals surface area contributed by atoms with Crippen molar-refractivity contribution in [2.24, 2.45) is 5.41 Å². The average molecular weight is 280 g/mol. The summed E-state index contributed by atoms with van der Waals surface area (Å²) < 4.78 is 16.7. The molecule has 0 aromatic carbocycles. The van der Waals surface area contributed by atoms with Gasteiger partial charge in [-0.1, -0.05) is 5.16 Å². The van der Waals surface area contributed by atoms with E-state index in [0.717, 1.165) is 57.1 Å². The Labute approximate surface area is 120 Å². The van der Waals surface area contributed by atoms with E-state index in [2.05, 4.69) is 10.1 Å². The fourth-order valence-corrected chi connectivity index (χ4v) is 3.74. The molecule has 2 fully saturated rings. The van der Waals surface area contributed by atoms with Crippen molar-refractivity contribution >= 4 is 0 Å². The van der Waals surface area contributed by atoms with Crippen LogP contribution in [0.15, 0.2) is 10.6 Å². The summed E-state index contributed by atoms with van der Waals surface area (Å²) in [6.07, 6.45) is 3.77. The predicted molar refractivity (Wildman–Crippen MR) is 74.4 cm³/mol. The second-order valence-corrected chi connectivity index (χ2v) is 6.19. The van der Waals surface area contributed by atoms with Crippen LogP contribution < -0.4 is 0 Å². The number of hydrogen-bond acceptors (Lipinski definition) is 5. The highest BCUT2D eigenvalue weighted by molar-refractivity contribution is 5.05. The number of aryl methyl sites for hydroxylation is 1. The highest BCUT2D eigenvalue weighted by Crippen LogP contribution is 2.40. The van der Waals surface area contributed by atoms with Crippen LogP contribution in [0.1, 0.15) is 30.7 Å². The van der Waals surface area contributed by atoms with E-state index in [9.17, 15) is 0 Å². The van der Waals surface area contributed by atoms with Gasteiger partial charge < -0.3 is 14.0 Å². The molecule has 112 valence electrons. The lowest BCUT2D eigenvalue weighted by Gasteiger charge is -2.50. The number of piperidine rings is 1. The van der Waals surface area contributed by atoms with Gasteiger partial charge >= 0.3 is 0 Å². The summed E-state index contributed by atoms with van der Waals surface area (Å²) in [5.41, 5.74) is 1.18. The van der Waals surface area contributed by atoms with Gasteiger partial charge in [0.05, 0.1) is 18.4 Å². The van der Waals surface area contributed by atoms with Gasteiger partial charge in [0.2, 0.25) is 0 Å². The number of aromatic nitrogens is 1. The first-order valence-corrected chi connectivity index (χ1v) is 7.47. The van der Waals surface area contributed by atoms with Crippen LogP contribution >= 0.6 is 0 Å². The maximum absolute atomic E-state index is 6.00. The summed E-state index contributed by atoms with van der Waals surface area (Å²) in [5.74, 6) is 0.877. The molecule has 0 amide bonds. The zero-order valence-corrected chi connectivity index (χ0v) is 12.4. The van der Waals surface area contributed by atoms with Crippen LogP contribution in [0.4, 0.5) is 0 Å². The third-order valence-electron chi connectivity index (χ3n) is 4.56. The van der Waals surface area contributed by atoms with Crippen molar-refractivity contribution < 1.29 is 14.0 Å². The SMILES string of the molecule is COCC12CCCOC1CCN(Cc1cc(C)on1)C2. The largest absolute Gasteiger partial charge is 0.384 e. The lowest BCUT2D eigenvalue weighted by atomic mass is 9.73. The van der Waals surface area contributed by atoms with Crippen molar-refractivity contribution in [2.75, 3.05) is 33.4 Å². The minimum absolute atomic E-state index is 0.157. The zero-order chi connectivity index (χ0) is 14.0. The van der Waals surface area contributed by atoms with Gasteiger partial charge in [-0.3, -0.25) is 4.90 Å². The normalized spacial score (nSPS) is 31.2. The van der Waals surface area contributed by atoms with Gasteiger partial charge in [-0.05, 0) is 26.2 Å². The van der Waals surface area contributed by atoms with E-state index in [-0.39, 0.29) is 5.41 Å². The molecule has 2 unspecified atom stereocenters. The van der Waals surface area contributed by atoms with Crippen molar-refractivity contribution in [1.82, 2.24) is 10.1 Å². The molecular weight excluding hydrogens is 256 g/mol. The summed E-state index contributed by atoms with van der Waals surface area (Å²) >= 11 is 0. The third-order valence-corrected chi connectivity index (χ3v) is 4.56. The Kier molecular flexibility index (Phi) is 4.10. The van der Waals surface area contributed by atoms with Crippen LogP contribution in [0, 0.1) is 12.3 Å². The van der Waals surface area contributed by atoms with Gasteiger partial charge in [-0.15, -0.1) is 0 Å². The summed E-state index contributed by atoms with van der Waals surface area (Å²) in [6.45, 7) is 6.56. The molecule has 2 saturated heterocycles. The van der Waals surface area contributed by atoms with Crippen LogP contribution in [0.5, 0.6) is 0 Å². The van der Waals surface area contributed by atoms with E-state index in [0.29, 0.717) is 6.10 Å². The van der Waals surface area contributed by atoms with Crippen LogP contribution in [0.3, 0.4) is 0 Å². The lowest BCUT2D eigenvalue weighted by Crippen LogP contribution is -2.56. The molecule has 5 nitrogen and oxygen atoms in total. The number of fused-ring (bicyclic) bond motifs is 1. The Balaban J connectivity index is 1.69. The number of ether oxygens (including phenoxy) is 2. The second-order valence-electron chi connectivity index (χ2n) is 6.19. The molecule has 0 bridgehead atoms. The molecule has 0 spiro atoms. The number of likely N-dealkylation sites (tertiary alicyclic amines) is 1. The van der Waals surface area contributed by atoms with Crippen molar-refractivity contribution in [3.63, 3.8) is 0 Å². The van der Waals surface area contributed by atoms with E-state index in [1.54, 1.807) is 7.11 Å². The highest BCUT2D eigenvalue weighted by atomic mass is 16.5. The maximum Gasteiger partial charge on any atom is 0.133 e. The number of methoxy groups -OCH3 is 1. The molecule has 0 aliphatic carbocycles. The van der Waals surface area contributed by atoms with Gasteiger partial charge in [0.1, 0.15) is 5.76 Å².